The second-order valence-electron chi connectivity index (χ2n) is 4.71. The van der Waals surface area contributed by atoms with Crippen LogP contribution in [-0.2, 0) is 0 Å². The molecule has 2 atom stereocenters. The molecule has 1 aromatic rings. The van der Waals surface area contributed by atoms with Gasteiger partial charge in [0.05, 0.1) is 6.10 Å². The lowest BCUT2D eigenvalue weighted by atomic mass is 10.1. The summed E-state index contributed by atoms with van der Waals surface area (Å²) in [6.07, 6.45) is 1.27. The number of aryl methyl sites for hydroxylation is 2. The van der Waals surface area contributed by atoms with Crippen LogP contribution in [0.25, 0.3) is 0 Å². The lowest BCUT2D eigenvalue weighted by Crippen LogP contribution is -2.39. The molecule has 0 spiro atoms. The molecule has 102 valence electrons. The van der Waals surface area contributed by atoms with Crippen molar-refractivity contribution in [3.8, 4) is 5.75 Å². The molecule has 0 saturated heterocycles. The molecule has 1 aromatic carbocycles. The Balaban J connectivity index is 2.62. The Bertz CT molecular complexity index is 345. The van der Waals surface area contributed by atoms with Crippen molar-refractivity contribution < 1.29 is 9.84 Å². The molecule has 0 heterocycles. The lowest BCUT2D eigenvalue weighted by Gasteiger charge is -2.22. The van der Waals surface area contributed by atoms with Gasteiger partial charge in [-0.25, -0.2) is 0 Å². The van der Waals surface area contributed by atoms with Crippen LogP contribution in [-0.4, -0.2) is 24.0 Å². The number of aliphatic hydroxyl groups is 1. The number of hydrogen-bond donors (Lipinski definition) is 2. The molecule has 0 aliphatic carbocycles. The molecule has 0 aliphatic heterocycles. The van der Waals surface area contributed by atoms with Crippen LogP contribution in [0.4, 0.5) is 0 Å². The molecule has 0 saturated carbocycles. The largest absolute Gasteiger partial charge is 0.475 e. The minimum atomic E-state index is -0.305. The Kier molecular flexibility index (Phi) is 6.16. The van der Waals surface area contributed by atoms with E-state index in [2.05, 4.69) is 38.2 Å². The van der Waals surface area contributed by atoms with E-state index >= 15 is 0 Å². The smallest absolute Gasteiger partial charge is 0.150 e. The van der Waals surface area contributed by atoms with E-state index in [1.54, 1.807) is 0 Å². The van der Waals surface area contributed by atoms with E-state index in [1.807, 2.05) is 13.0 Å². The van der Waals surface area contributed by atoms with Gasteiger partial charge >= 0.3 is 0 Å². The van der Waals surface area contributed by atoms with Gasteiger partial charge in [-0.15, -0.1) is 0 Å². The Labute approximate surface area is 110 Å². The van der Waals surface area contributed by atoms with Crippen molar-refractivity contribution >= 4 is 0 Å². The van der Waals surface area contributed by atoms with Gasteiger partial charge in [-0.05, 0) is 37.8 Å². The molecule has 2 N–H and O–H groups in total. The maximum atomic E-state index is 9.56. The standard InChI is InChI=1S/C15H25NO2/c1-5-13(17)10-16-14(6-2)18-15-11(3)8-7-9-12(15)4/h7-9,13-14,16-17H,5-6,10H2,1-4H3. The van der Waals surface area contributed by atoms with Crippen LogP contribution < -0.4 is 10.1 Å². The van der Waals surface area contributed by atoms with Gasteiger partial charge in [0.1, 0.15) is 12.0 Å². The zero-order valence-corrected chi connectivity index (χ0v) is 11.9. The average Bonchev–Trinajstić information content (AvgIpc) is 2.37. The molecule has 0 bridgehead atoms. The summed E-state index contributed by atoms with van der Waals surface area (Å²) in [5, 5.41) is 12.8. The van der Waals surface area contributed by atoms with Gasteiger partial charge in [0, 0.05) is 6.54 Å². The normalized spacial score (nSPS) is 14.3. The van der Waals surface area contributed by atoms with Crippen molar-refractivity contribution in [3.05, 3.63) is 29.3 Å². The van der Waals surface area contributed by atoms with Gasteiger partial charge < -0.3 is 9.84 Å². The number of hydrogen-bond acceptors (Lipinski definition) is 3. The summed E-state index contributed by atoms with van der Waals surface area (Å²) in [7, 11) is 0. The minimum Gasteiger partial charge on any atom is -0.475 e. The molecule has 18 heavy (non-hydrogen) atoms. The number of rotatable bonds is 7. The number of ether oxygens (including phenoxy) is 1. The van der Waals surface area contributed by atoms with Crippen LogP contribution in [0.2, 0.25) is 0 Å². The second-order valence-corrected chi connectivity index (χ2v) is 4.71. The fourth-order valence-corrected chi connectivity index (χ4v) is 1.81. The van der Waals surface area contributed by atoms with E-state index in [4.69, 9.17) is 4.74 Å². The molecule has 0 aliphatic rings. The fraction of sp³-hybridized carbons (Fsp3) is 0.600. The van der Waals surface area contributed by atoms with Gasteiger partial charge in [0.2, 0.25) is 0 Å². The highest BCUT2D eigenvalue weighted by Crippen LogP contribution is 2.23. The predicted molar refractivity (Wildman–Crippen MR) is 74.9 cm³/mol. The first-order valence-corrected chi connectivity index (χ1v) is 6.72. The van der Waals surface area contributed by atoms with Gasteiger partial charge in [0.25, 0.3) is 0 Å². The molecule has 3 heteroatoms. The summed E-state index contributed by atoms with van der Waals surface area (Å²) in [5.41, 5.74) is 2.29. The Hall–Kier alpha value is -1.06. The number of nitrogens with one attached hydrogen (secondary N) is 1. The highest BCUT2D eigenvalue weighted by Gasteiger charge is 2.12. The Morgan fingerprint density at radius 1 is 1.17 bits per heavy atom. The SMILES string of the molecule is CCC(O)CNC(CC)Oc1c(C)cccc1C. The van der Waals surface area contributed by atoms with E-state index in [9.17, 15) is 5.11 Å². The van der Waals surface area contributed by atoms with Crippen LogP contribution >= 0.6 is 0 Å². The second kappa shape index (κ2) is 7.39. The first-order valence-electron chi connectivity index (χ1n) is 6.72. The number of aliphatic hydroxyl groups excluding tert-OH is 1. The van der Waals surface area contributed by atoms with Crippen LogP contribution in [0.15, 0.2) is 18.2 Å². The molecular formula is C15H25NO2. The van der Waals surface area contributed by atoms with Crippen molar-refractivity contribution in [1.82, 2.24) is 5.32 Å². The Morgan fingerprint density at radius 3 is 2.28 bits per heavy atom. The van der Waals surface area contributed by atoms with E-state index < -0.39 is 0 Å². The molecule has 3 nitrogen and oxygen atoms in total. The highest BCUT2D eigenvalue weighted by molar-refractivity contribution is 5.39. The van der Waals surface area contributed by atoms with Gasteiger partial charge in [-0.2, -0.15) is 0 Å². The summed E-state index contributed by atoms with van der Waals surface area (Å²) in [6.45, 7) is 8.72. The highest BCUT2D eigenvalue weighted by atomic mass is 16.5. The van der Waals surface area contributed by atoms with Crippen molar-refractivity contribution in [2.24, 2.45) is 0 Å². The van der Waals surface area contributed by atoms with E-state index in [1.165, 1.54) is 0 Å². The minimum absolute atomic E-state index is 0.0500. The summed E-state index contributed by atoms with van der Waals surface area (Å²) >= 11 is 0. The van der Waals surface area contributed by atoms with E-state index in [0.29, 0.717) is 6.54 Å². The molecule has 0 radical (unpaired) electrons. The molecule has 0 aromatic heterocycles. The zero-order chi connectivity index (χ0) is 13.5. The first kappa shape index (κ1) is 15.0. The molecule has 2 unspecified atom stereocenters. The topological polar surface area (TPSA) is 41.5 Å². The van der Waals surface area contributed by atoms with Crippen molar-refractivity contribution in [2.45, 2.75) is 52.9 Å². The number of para-hydroxylation sites is 1. The van der Waals surface area contributed by atoms with Crippen LogP contribution in [0, 0.1) is 13.8 Å². The van der Waals surface area contributed by atoms with Gasteiger partial charge in [-0.3, -0.25) is 5.32 Å². The monoisotopic (exact) mass is 251 g/mol. The van der Waals surface area contributed by atoms with Crippen LogP contribution in [0.3, 0.4) is 0 Å². The summed E-state index contributed by atoms with van der Waals surface area (Å²) in [5.74, 6) is 0.947. The summed E-state index contributed by atoms with van der Waals surface area (Å²) in [4.78, 5) is 0. The predicted octanol–water partition coefficient (Wildman–Crippen LogP) is 2.78. The van der Waals surface area contributed by atoms with Crippen LogP contribution in [0.5, 0.6) is 5.75 Å². The van der Waals surface area contributed by atoms with Gasteiger partial charge in [-0.1, -0.05) is 32.0 Å². The van der Waals surface area contributed by atoms with Gasteiger partial charge in [0.15, 0.2) is 0 Å². The molecule has 0 amide bonds. The summed E-state index contributed by atoms with van der Waals surface area (Å²) < 4.78 is 6.00. The maximum absolute atomic E-state index is 9.56. The van der Waals surface area contributed by atoms with E-state index in [0.717, 1.165) is 29.7 Å². The third kappa shape index (κ3) is 4.31. The lowest BCUT2D eigenvalue weighted by molar-refractivity contribution is 0.113. The molecule has 0 fully saturated rings. The average molecular weight is 251 g/mol. The Morgan fingerprint density at radius 2 is 1.78 bits per heavy atom. The van der Waals surface area contributed by atoms with E-state index in [-0.39, 0.29) is 12.3 Å². The van der Waals surface area contributed by atoms with Crippen molar-refractivity contribution in [3.63, 3.8) is 0 Å². The van der Waals surface area contributed by atoms with Crippen molar-refractivity contribution in [1.29, 1.82) is 0 Å². The van der Waals surface area contributed by atoms with Crippen molar-refractivity contribution in [2.75, 3.05) is 6.54 Å². The third-order valence-corrected chi connectivity index (χ3v) is 3.09. The molecular weight excluding hydrogens is 226 g/mol. The summed E-state index contributed by atoms with van der Waals surface area (Å²) in [6, 6.07) is 6.14. The number of benzene rings is 1. The van der Waals surface area contributed by atoms with Crippen LogP contribution in [0.1, 0.15) is 37.8 Å². The first-order chi connectivity index (χ1) is 8.58. The molecule has 1 rings (SSSR count). The third-order valence-electron chi connectivity index (χ3n) is 3.09. The quantitative estimate of drug-likeness (QED) is 0.732. The maximum Gasteiger partial charge on any atom is 0.150 e. The zero-order valence-electron chi connectivity index (χ0n) is 11.9. The fourth-order valence-electron chi connectivity index (χ4n) is 1.81.